The van der Waals surface area contributed by atoms with Gasteiger partial charge in [-0.2, -0.15) is 0 Å². The third-order valence-corrected chi connectivity index (χ3v) is 3.99. The number of aryl methyl sites for hydroxylation is 1. The van der Waals surface area contributed by atoms with E-state index in [0.29, 0.717) is 0 Å². The van der Waals surface area contributed by atoms with Crippen molar-refractivity contribution in [2.45, 2.75) is 26.8 Å². The highest BCUT2D eigenvalue weighted by molar-refractivity contribution is 6.31. The molecule has 0 radical (unpaired) electrons. The molecule has 20 heavy (non-hydrogen) atoms. The molecule has 0 saturated heterocycles. The minimum atomic E-state index is -0.215. The largest absolute Gasteiger partial charge is 0.307 e. The van der Waals surface area contributed by atoms with Crippen LogP contribution in [0.5, 0.6) is 0 Å². The molecule has 1 N–H and O–H groups in total. The van der Waals surface area contributed by atoms with Crippen LogP contribution in [0.1, 0.15) is 35.2 Å². The zero-order chi connectivity index (χ0) is 14.7. The van der Waals surface area contributed by atoms with E-state index in [2.05, 4.69) is 5.32 Å². The maximum Gasteiger partial charge on any atom is 0.123 e. The minimum absolute atomic E-state index is 0.0469. The molecule has 0 saturated carbocycles. The molecule has 1 nitrogen and oxygen atoms in total. The Kier molecular flexibility index (Phi) is 4.79. The lowest BCUT2D eigenvalue weighted by molar-refractivity contribution is 0.599. The fourth-order valence-electron chi connectivity index (χ4n) is 2.45. The molecule has 0 aliphatic rings. The third-order valence-electron chi connectivity index (χ3n) is 3.58. The summed E-state index contributed by atoms with van der Waals surface area (Å²) in [6.07, 6.45) is 0. The van der Waals surface area contributed by atoms with Crippen molar-refractivity contribution < 1.29 is 4.39 Å². The summed E-state index contributed by atoms with van der Waals surface area (Å²) in [6, 6.07) is 10.7. The number of halogens is 2. The Morgan fingerprint density at radius 3 is 2.60 bits per heavy atom. The molecule has 0 heterocycles. The lowest BCUT2D eigenvalue weighted by Gasteiger charge is -2.23. The molecule has 2 aromatic rings. The third kappa shape index (κ3) is 3.02. The maximum atomic E-state index is 13.6. The second kappa shape index (κ2) is 6.38. The van der Waals surface area contributed by atoms with Crippen molar-refractivity contribution in [3.63, 3.8) is 0 Å². The van der Waals surface area contributed by atoms with E-state index < -0.39 is 0 Å². The Hall–Kier alpha value is -1.38. The highest BCUT2D eigenvalue weighted by Gasteiger charge is 2.18. The number of nitrogens with one attached hydrogen (secondary N) is 1. The standard InChI is InChI=1S/C17H19ClFN/c1-4-20-17(14-6-5-7-16(18)12(14)3)15-10-13(19)9-8-11(15)2/h5-10,17,20H,4H2,1-3H3. The van der Waals surface area contributed by atoms with E-state index in [0.717, 1.165) is 33.8 Å². The van der Waals surface area contributed by atoms with Gasteiger partial charge in [-0.25, -0.2) is 4.39 Å². The van der Waals surface area contributed by atoms with Crippen LogP contribution in [-0.2, 0) is 0 Å². The van der Waals surface area contributed by atoms with Gasteiger partial charge in [0.05, 0.1) is 6.04 Å². The molecular weight excluding hydrogens is 273 g/mol. The molecule has 2 rings (SSSR count). The number of hydrogen-bond acceptors (Lipinski definition) is 1. The molecule has 0 aromatic heterocycles. The van der Waals surface area contributed by atoms with Gasteiger partial charge in [0.1, 0.15) is 5.82 Å². The summed E-state index contributed by atoms with van der Waals surface area (Å²) in [5.74, 6) is -0.215. The first-order valence-corrected chi connectivity index (χ1v) is 7.16. The van der Waals surface area contributed by atoms with Gasteiger partial charge in [0, 0.05) is 5.02 Å². The van der Waals surface area contributed by atoms with Crippen molar-refractivity contribution in [3.05, 3.63) is 69.5 Å². The maximum absolute atomic E-state index is 13.6. The summed E-state index contributed by atoms with van der Waals surface area (Å²) in [6.45, 7) is 6.84. The van der Waals surface area contributed by atoms with Crippen LogP contribution >= 0.6 is 11.6 Å². The van der Waals surface area contributed by atoms with Crippen LogP contribution in [0.2, 0.25) is 5.02 Å². The van der Waals surface area contributed by atoms with Crippen molar-refractivity contribution in [2.75, 3.05) is 6.54 Å². The lowest BCUT2D eigenvalue weighted by atomic mass is 9.92. The van der Waals surface area contributed by atoms with Crippen molar-refractivity contribution in [3.8, 4) is 0 Å². The lowest BCUT2D eigenvalue weighted by Crippen LogP contribution is -2.23. The Balaban J connectivity index is 2.56. The molecular formula is C17H19ClFN. The van der Waals surface area contributed by atoms with Crippen LogP contribution in [0, 0.1) is 19.7 Å². The Bertz CT molecular complexity index is 608. The highest BCUT2D eigenvalue weighted by Crippen LogP contribution is 2.30. The number of rotatable bonds is 4. The molecule has 2 aromatic carbocycles. The van der Waals surface area contributed by atoms with Crippen molar-refractivity contribution in [1.29, 1.82) is 0 Å². The van der Waals surface area contributed by atoms with Crippen LogP contribution in [0.15, 0.2) is 36.4 Å². The summed E-state index contributed by atoms with van der Waals surface area (Å²) in [7, 11) is 0. The van der Waals surface area contributed by atoms with E-state index in [1.165, 1.54) is 6.07 Å². The van der Waals surface area contributed by atoms with Gasteiger partial charge in [-0.05, 0) is 60.8 Å². The SMILES string of the molecule is CCNC(c1cc(F)ccc1C)c1cccc(Cl)c1C. The second-order valence-electron chi connectivity index (χ2n) is 4.95. The van der Waals surface area contributed by atoms with E-state index in [1.54, 1.807) is 6.07 Å². The molecule has 106 valence electrons. The van der Waals surface area contributed by atoms with Gasteiger partial charge < -0.3 is 5.32 Å². The van der Waals surface area contributed by atoms with E-state index in [9.17, 15) is 4.39 Å². The van der Waals surface area contributed by atoms with Gasteiger partial charge in [0.15, 0.2) is 0 Å². The molecule has 3 heteroatoms. The van der Waals surface area contributed by atoms with Gasteiger partial charge in [0.25, 0.3) is 0 Å². The summed E-state index contributed by atoms with van der Waals surface area (Å²) >= 11 is 6.21. The van der Waals surface area contributed by atoms with Crippen molar-refractivity contribution >= 4 is 11.6 Å². The average molecular weight is 292 g/mol. The molecule has 0 aliphatic carbocycles. The Morgan fingerprint density at radius 2 is 1.90 bits per heavy atom. The first kappa shape index (κ1) is 15.0. The zero-order valence-corrected chi connectivity index (χ0v) is 12.8. The van der Waals surface area contributed by atoms with Crippen LogP contribution in [0.25, 0.3) is 0 Å². The second-order valence-corrected chi connectivity index (χ2v) is 5.35. The normalized spacial score (nSPS) is 12.4. The minimum Gasteiger partial charge on any atom is -0.307 e. The first-order chi connectivity index (χ1) is 9.54. The fourth-order valence-corrected chi connectivity index (χ4v) is 2.63. The van der Waals surface area contributed by atoms with Gasteiger partial charge in [-0.15, -0.1) is 0 Å². The van der Waals surface area contributed by atoms with Gasteiger partial charge in [-0.1, -0.05) is 36.7 Å². The molecule has 0 aliphatic heterocycles. The Morgan fingerprint density at radius 1 is 1.15 bits per heavy atom. The Labute approximate surface area is 124 Å². The molecule has 0 fully saturated rings. The molecule has 0 spiro atoms. The summed E-state index contributed by atoms with van der Waals surface area (Å²) < 4.78 is 13.6. The quantitative estimate of drug-likeness (QED) is 0.853. The van der Waals surface area contributed by atoms with Crippen LogP contribution < -0.4 is 5.32 Å². The van der Waals surface area contributed by atoms with E-state index in [1.807, 2.05) is 45.0 Å². The topological polar surface area (TPSA) is 12.0 Å². The highest BCUT2D eigenvalue weighted by atomic mass is 35.5. The predicted octanol–water partition coefficient (Wildman–Crippen LogP) is 4.79. The predicted molar refractivity (Wildman–Crippen MR) is 82.8 cm³/mol. The van der Waals surface area contributed by atoms with Crippen LogP contribution in [0.3, 0.4) is 0 Å². The monoisotopic (exact) mass is 291 g/mol. The van der Waals surface area contributed by atoms with Gasteiger partial charge in [0.2, 0.25) is 0 Å². The van der Waals surface area contributed by atoms with E-state index >= 15 is 0 Å². The first-order valence-electron chi connectivity index (χ1n) is 6.79. The van der Waals surface area contributed by atoms with Gasteiger partial charge in [-0.3, -0.25) is 0 Å². The number of benzene rings is 2. The molecule has 1 unspecified atom stereocenters. The van der Waals surface area contributed by atoms with Crippen LogP contribution in [-0.4, -0.2) is 6.54 Å². The molecule has 0 amide bonds. The summed E-state index contributed by atoms with van der Waals surface area (Å²) in [5.41, 5.74) is 4.14. The fraction of sp³-hybridized carbons (Fsp3) is 0.294. The smallest absolute Gasteiger partial charge is 0.123 e. The van der Waals surface area contributed by atoms with Crippen molar-refractivity contribution in [1.82, 2.24) is 5.32 Å². The summed E-state index contributed by atoms with van der Waals surface area (Å²) in [4.78, 5) is 0. The molecule has 0 bridgehead atoms. The van der Waals surface area contributed by atoms with E-state index in [-0.39, 0.29) is 11.9 Å². The van der Waals surface area contributed by atoms with Crippen LogP contribution in [0.4, 0.5) is 4.39 Å². The molecule has 1 atom stereocenters. The van der Waals surface area contributed by atoms with E-state index in [4.69, 9.17) is 11.6 Å². The summed E-state index contributed by atoms with van der Waals surface area (Å²) in [5, 5.41) is 4.16. The average Bonchev–Trinajstić information content (AvgIpc) is 2.43. The van der Waals surface area contributed by atoms with Gasteiger partial charge >= 0.3 is 0 Å². The number of hydrogen-bond donors (Lipinski definition) is 1. The van der Waals surface area contributed by atoms with Crippen molar-refractivity contribution in [2.24, 2.45) is 0 Å². The zero-order valence-electron chi connectivity index (χ0n) is 12.0.